The van der Waals surface area contributed by atoms with Gasteiger partial charge in [-0.15, -0.1) is 0 Å². The number of carbonyl (C=O) groups is 1. The summed E-state index contributed by atoms with van der Waals surface area (Å²) >= 11 is 0. The highest BCUT2D eigenvalue weighted by molar-refractivity contribution is 6.00. The molecule has 0 spiro atoms. The number of aliphatic hydroxyl groups excluding tert-OH is 1. The van der Waals surface area contributed by atoms with Crippen molar-refractivity contribution in [1.82, 2.24) is 9.72 Å². The average Bonchev–Trinajstić information content (AvgIpc) is 2.73. The van der Waals surface area contributed by atoms with Crippen LogP contribution in [-0.4, -0.2) is 28.6 Å². The number of carbonyl (C=O) groups excluding carboxylic acids is 1. The number of hydrogen-bond acceptors (Lipinski definition) is 2. The van der Waals surface area contributed by atoms with Crippen LogP contribution in [0.4, 0.5) is 0 Å². The first-order valence-corrected chi connectivity index (χ1v) is 4.77. The second-order valence-electron chi connectivity index (χ2n) is 3.20. The van der Waals surface area contributed by atoms with Crippen molar-refractivity contribution >= 4 is 11.4 Å². The highest BCUT2D eigenvalue weighted by atomic mass is 16.3. The zero-order chi connectivity index (χ0) is 10.7. The molecule has 2 rings (SSSR count). The van der Waals surface area contributed by atoms with Crippen LogP contribution in [0, 0.1) is 0 Å². The molecule has 0 aromatic carbocycles. The molecule has 0 radical (unpaired) electrons. The highest BCUT2D eigenvalue weighted by Crippen LogP contribution is 2.10. The van der Waals surface area contributed by atoms with Crippen molar-refractivity contribution < 1.29 is 9.90 Å². The molecule has 2 aromatic heterocycles. The van der Waals surface area contributed by atoms with E-state index in [0.29, 0.717) is 5.56 Å². The van der Waals surface area contributed by atoms with E-state index in [-0.39, 0.29) is 19.1 Å². The number of amides is 1. The number of aromatic nitrogens is 1. The number of aliphatic hydroxyl groups is 1. The zero-order valence-corrected chi connectivity index (χ0v) is 8.18. The lowest BCUT2D eigenvalue weighted by Gasteiger charge is -2.05. The standard InChI is InChI=1S/C11H12N2O2/c14-8-5-12-11(15)9-3-1-6-13-7-2-4-10(9)13/h1-4,6-7,14H,5,8H2,(H,12,15). The van der Waals surface area contributed by atoms with Crippen LogP contribution in [0.15, 0.2) is 36.7 Å². The van der Waals surface area contributed by atoms with E-state index >= 15 is 0 Å². The Balaban J connectivity index is 2.34. The van der Waals surface area contributed by atoms with Crippen molar-refractivity contribution in [2.24, 2.45) is 0 Å². The third-order valence-corrected chi connectivity index (χ3v) is 2.21. The molecule has 0 aliphatic heterocycles. The van der Waals surface area contributed by atoms with Crippen molar-refractivity contribution in [2.75, 3.05) is 13.2 Å². The minimum atomic E-state index is -0.159. The summed E-state index contributed by atoms with van der Waals surface area (Å²) in [5, 5.41) is 11.2. The summed E-state index contributed by atoms with van der Waals surface area (Å²) in [7, 11) is 0. The molecule has 0 atom stereocenters. The maximum atomic E-state index is 11.7. The number of nitrogens with one attached hydrogen (secondary N) is 1. The molecule has 2 heterocycles. The fraction of sp³-hybridized carbons (Fsp3) is 0.182. The Kier molecular flexibility index (Phi) is 2.69. The first kappa shape index (κ1) is 9.73. The van der Waals surface area contributed by atoms with E-state index in [1.165, 1.54) is 0 Å². The molecule has 4 heteroatoms. The van der Waals surface area contributed by atoms with Gasteiger partial charge in [0.25, 0.3) is 5.91 Å². The van der Waals surface area contributed by atoms with Crippen LogP contribution < -0.4 is 5.32 Å². The second-order valence-corrected chi connectivity index (χ2v) is 3.20. The van der Waals surface area contributed by atoms with E-state index in [1.807, 2.05) is 35.0 Å². The average molecular weight is 204 g/mol. The summed E-state index contributed by atoms with van der Waals surface area (Å²) in [5.74, 6) is -0.159. The molecule has 0 unspecified atom stereocenters. The molecule has 1 amide bonds. The third kappa shape index (κ3) is 1.85. The topological polar surface area (TPSA) is 53.7 Å². The smallest absolute Gasteiger partial charge is 0.253 e. The Bertz CT molecular complexity index is 476. The summed E-state index contributed by atoms with van der Waals surface area (Å²) in [4.78, 5) is 11.7. The molecule has 2 aromatic rings. The molecule has 0 bridgehead atoms. The minimum absolute atomic E-state index is 0.0458. The molecule has 0 aliphatic rings. The number of fused-ring (bicyclic) bond motifs is 1. The molecule has 0 saturated carbocycles. The molecule has 78 valence electrons. The quantitative estimate of drug-likeness (QED) is 0.771. The Labute approximate surface area is 87.2 Å². The van der Waals surface area contributed by atoms with E-state index in [0.717, 1.165) is 5.52 Å². The zero-order valence-electron chi connectivity index (χ0n) is 8.18. The predicted octanol–water partition coefficient (Wildman–Crippen LogP) is 0.661. The van der Waals surface area contributed by atoms with Crippen LogP contribution in [-0.2, 0) is 0 Å². The summed E-state index contributed by atoms with van der Waals surface area (Å²) in [6.07, 6.45) is 3.77. The molecular weight excluding hydrogens is 192 g/mol. The molecule has 2 N–H and O–H groups in total. The largest absolute Gasteiger partial charge is 0.395 e. The van der Waals surface area contributed by atoms with E-state index in [9.17, 15) is 4.79 Å². The van der Waals surface area contributed by atoms with Crippen LogP contribution in [0.3, 0.4) is 0 Å². The van der Waals surface area contributed by atoms with Gasteiger partial charge in [0, 0.05) is 18.9 Å². The molecule has 0 aliphatic carbocycles. The van der Waals surface area contributed by atoms with Gasteiger partial charge in [-0.25, -0.2) is 0 Å². The van der Waals surface area contributed by atoms with Crippen molar-refractivity contribution in [3.8, 4) is 0 Å². The van der Waals surface area contributed by atoms with Gasteiger partial charge in [0.2, 0.25) is 0 Å². The van der Waals surface area contributed by atoms with Crippen LogP contribution in [0.5, 0.6) is 0 Å². The highest BCUT2D eigenvalue weighted by Gasteiger charge is 2.08. The fourth-order valence-corrected chi connectivity index (χ4v) is 1.53. The maximum absolute atomic E-state index is 11.7. The SMILES string of the molecule is O=C(NCCO)c1cccn2cccc12. The number of nitrogens with zero attached hydrogens (tertiary/aromatic N) is 1. The van der Waals surface area contributed by atoms with Crippen molar-refractivity contribution in [3.63, 3.8) is 0 Å². The van der Waals surface area contributed by atoms with E-state index < -0.39 is 0 Å². The minimum Gasteiger partial charge on any atom is -0.395 e. The summed E-state index contributed by atoms with van der Waals surface area (Å²) in [5.41, 5.74) is 1.49. The Morgan fingerprint density at radius 1 is 1.33 bits per heavy atom. The first-order chi connectivity index (χ1) is 7.33. The first-order valence-electron chi connectivity index (χ1n) is 4.77. The van der Waals surface area contributed by atoms with Gasteiger partial charge in [-0.2, -0.15) is 0 Å². The lowest BCUT2D eigenvalue weighted by molar-refractivity contribution is 0.0946. The van der Waals surface area contributed by atoms with Crippen LogP contribution in [0.2, 0.25) is 0 Å². The van der Waals surface area contributed by atoms with E-state index in [1.54, 1.807) is 6.07 Å². The molecule has 0 fully saturated rings. The molecule has 0 saturated heterocycles. The van der Waals surface area contributed by atoms with E-state index in [4.69, 9.17) is 5.11 Å². The van der Waals surface area contributed by atoms with Gasteiger partial charge >= 0.3 is 0 Å². The Morgan fingerprint density at radius 2 is 2.07 bits per heavy atom. The lowest BCUT2D eigenvalue weighted by atomic mass is 10.2. The van der Waals surface area contributed by atoms with Gasteiger partial charge < -0.3 is 14.8 Å². The Morgan fingerprint density at radius 3 is 2.80 bits per heavy atom. The van der Waals surface area contributed by atoms with Gasteiger partial charge in [0.05, 0.1) is 17.7 Å². The predicted molar refractivity (Wildman–Crippen MR) is 56.8 cm³/mol. The maximum Gasteiger partial charge on any atom is 0.253 e. The Hall–Kier alpha value is -1.81. The molecule has 15 heavy (non-hydrogen) atoms. The van der Waals surface area contributed by atoms with Crippen LogP contribution in [0.25, 0.3) is 5.52 Å². The molecular formula is C11H12N2O2. The summed E-state index contributed by atoms with van der Waals surface area (Å²) < 4.78 is 1.88. The summed E-state index contributed by atoms with van der Waals surface area (Å²) in [6, 6.07) is 7.36. The number of rotatable bonds is 3. The van der Waals surface area contributed by atoms with Crippen LogP contribution >= 0.6 is 0 Å². The van der Waals surface area contributed by atoms with Gasteiger partial charge in [-0.05, 0) is 24.3 Å². The van der Waals surface area contributed by atoms with Crippen molar-refractivity contribution in [3.05, 3.63) is 42.2 Å². The van der Waals surface area contributed by atoms with E-state index in [2.05, 4.69) is 5.32 Å². The number of hydrogen-bond donors (Lipinski definition) is 2. The van der Waals surface area contributed by atoms with Crippen molar-refractivity contribution in [1.29, 1.82) is 0 Å². The van der Waals surface area contributed by atoms with Crippen molar-refractivity contribution in [2.45, 2.75) is 0 Å². The lowest BCUT2D eigenvalue weighted by Crippen LogP contribution is -2.26. The summed E-state index contributed by atoms with van der Waals surface area (Å²) in [6.45, 7) is 0.233. The molecule has 4 nitrogen and oxygen atoms in total. The van der Waals surface area contributed by atoms with Crippen LogP contribution in [0.1, 0.15) is 10.4 Å². The number of pyridine rings is 1. The van der Waals surface area contributed by atoms with Gasteiger partial charge in [-0.1, -0.05) is 0 Å². The second kappa shape index (κ2) is 4.14. The normalized spacial score (nSPS) is 10.5. The third-order valence-electron chi connectivity index (χ3n) is 2.21. The fourth-order valence-electron chi connectivity index (χ4n) is 1.53. The van der Waals surface area contributed by atoms with Gasteiger partial charge in [0.1, 0.15) is 0 Å². The monoisotopic (exact) mass is 204 g/mol. The van der Waals surface area contributed by atoms with Gasteiger partial charge in [-0.3, -0.25) is 4.79 Å². The van der Waals surface area contributed by atoms with Gasteiger partial charge in [0.15, 0.2) is 0 Å².